The van der Waals surface area contributed by atoms with Crippen molar-refractivity contribution in [3.05, 3.63) is 59.7 Å². The molecule has 0 aromatic heterocycles. The van der Waals surface area contributed by atoms with Crippen LogP contribution in [0.25, 0.3) is 0 Å². The lowest BCUT2D eigenvalue weighted by Gasteiger charge is -2.34. The van der Waals surface area contributed by atoms with Crippen LogP contribution in [0.4, 0.5) is 5.69 Å². The molecule has 1 heterocycles. The fourth-order valence-electron chi connectivity index (χ4n) is 4.08. The highest BCUT2D eigenvalue weighted by molar-refractivity contribution is 6.03. The lowest BCUT2D eigenvalue weighted by molar-refractivity contribution is -0.129. The van der Waals surface area contributed by atoms with Crippen molar-refractivity contribution in [1.29, 1.82) is 0 Å². The third-order valence-electron chi connectivity index (χ3n) is 5.94. The molecule has 1 N–H and O–H groups in total. The van der Waals surface area contributed by atoms with Crippen molar-refractivity contribution in [3.63, 3.8) is 0 Å². The Morgan fingerprint density at radius 3 is 2.58 bits per heavy atom. The number of ether oxygens (including phenoxy) is 1. The predicted molar refractivity (Wildman–Crippen MR) is 132 cm³/mol. The summed E-state index contributed by atoms with van der Waals surface area (Å²) >= 11 is 0. The zero-order chi connectivity index (χ0) is 23.6. The van der Waals surface area contributed by atoms with Crippen LogP contribution in [0.15, 0.2) is 48.5 Å². The topological polar surface area (TPSA) is 61.9 Å². The molecule has 1 atom stereocenters. The summed E-state index contributed by atoms with van der Waals surface area (Å²) in [6.45, 7) is 9.59. The van der Waals surface area contributed by atoms with Crippen molar-refractivity contribution in [2.75, 3.05) is 31.1 Å². The molecule has 0 saturated carbocycles. The number of hydrogen-bond acceptors (Lipinski definition) is 4. The second kappa shape index (κ2) is 12.4. The molecule has 3 rings (SSSR count). The first-order valence-electron chi connectivity index (χ1n) is 12.1. The molecule has 0 fully saturated rings. The second-order valence-corrected chi connectivity index (χ2v) is 8.73. The lowest BCUT2D eigenvalue weighted by Crippen LogP contribution is -2.49. The van der Waals surface area contributed by atoms with Gasteiger partial charge >= 0.3 is 0 Å². The van der Waals surface area contributed by atoms with Crippen LogP contribution in [0.2, 0.25) is 0 Å². The van der Waals surface area contributed by atoms with Crippen molar-refractivity contribution in [3.8, 4) is 5.75 Å². The maximum absolute atomic E-state index is 12.9. The highest BCUT2D eigenvalue weighted by atomic mass is 16.5. The molecule has 0 bridgehead atoms. The van der Waals surface area contributed by atoms with Gasteiger partial charge in [-0.25, -0.2) is 0 Å². The fraction of sp³-hybridized carbons (Fsp3) is 0.481. The minimum Gasteiger partial charge on any atom is -0.478 e. The average Bonchev–Trinajstić information content (AvgIpc) is 2.82. The Balaban J connectivity index is 1.52. The Kier molecular flexibility index (Phi) is 9.31. The van der Waals surface area contributed by atoms with E-state index < -0.39 is 6.10 Å². The Morgan fingerprint density at radius 2 is 1.85 bits per heavy atom. The highest BCUT2D eigenvalue weighted by Crippen LogP contribution is 2.35. The van der Waals surface area contributed by atoms with Crippen LogP contribution in [-0.4, -0.2) is 49.0 Å². The van der Waals surface area contributed by atoms with Crippen LogP contribution < -0.4 is 15.0 Å². The Labute approximate surface area is 197 Å². The zero-order valence-electron chi connectivity index (χ0n) is 20.2. The number of nitrogens with zero attached hydrogens (tertiary/aromatic N) is 2. The molecule has 1 aliphatic rings. The number of aryl methyl sites for hydroxylation is 1. The molecule has 2 aromatic carbocycles. The van der Waals surface area contributed by atoms with Gasteiger partial charge in [0.25, 0.3) is 5.91 Å². The second-order valence-electron chi connectivity index (χ2n) is 8.73. The van der Waals surface area contributed by atoms with Crippen LogP contribution in [0.5, 0.6) is 5.75 Å². The van der Waals surface area contributed by atoms with Crippen LogP contribution in [0, 0.1) is 6.92 Å². The number of unbranched alkanes of at least 4 members (excludes halogenated alkanes) is 1. The van der Waals surface area contributed by atoms with Gasteiger partial charge in [0.15, 0.2) is 6.10 Å². The number of rotatable bonds is 12. The van der Waals surface area contributed by atoms with Crippen LogP contribution in [-0.2, 0) is 16.1 Å². The van der Waals surface area contributed by atoms with Gasteiger partial charge in [-0.1, -0.05) is 56.7 Å². The van der Waals surface area contributed by atoms with Crippen LogP contribution in [0.1, 0.15) is 50.7 Å². The molecular formula is C27H37N3O3. The van der Waals surface area contributed by atoms with Gasteiger partial charge < -0.3 is 10.1 Å². The molecule has 0 radical (unpaired) electrons. The normalized spacial score (nSPS) is 15.3. The Morgan fingerprint density at radius 1 is 1.09 bits per heavy atom. The predicted octanol–water partition coefficient (Wildman–Crippen LogP) is 4.31. The molecule has 6 nitrogen and oxygen atoms in total. The molecule has 178 valence electrons. The van der Waals surface area contributed by atoms with E-state index >= 15 is 0 Å². The number of hydrogen-bond donors (Lipinski definition) is 1. The van der Waals surface area contributed by atoms with Crippen molar-refractivity contribution in [2.24, 2.45) is 0 Å². The minimum absolute atomic E-state index is 0.0126. The molecule has 1 aliphatic heterocycles. The summed E-state index contributed by atoms with van der Waals surface area (Å²) in [5.74, 6) is 0.363. The van der Waals surface area contributed by atoms with E-state index in [0.717, 1.165) is 44.5 Å². The van der Waals surface area contributed by atoms with E-state index in [4.69, 9.17) is 4.74 Å². The van der Waals surface area contributed by atoms with Crippen LogP contribution >= 0.6 is 0 Å². The van der Waals surface area contributed by atoms with Gasteiger partial charge in [0, 0.05) is 19.6 Å². The molecule has 6 heteroatoms. The standard InChI is InChI=1S/C27H37N3O3/c1-4-6-16-29(19-22-11-8-7-9-12-22)17-10-15-28-26(31)20-30-23-18-21(3)13-14-25(23)33-24(5-2)27(30)32/h7-9,11-14,18,24H,4-6,10,15-17,19-20H2,1-3H3,(H,28,31)/t24-/m1/s1. The Bertz CT molecular complexity index is 916. The molecule has 0 saturated heterocycles. The maximum atomic E-state index is 12.9. The van der Waals surface area contributed by atoms with Crippen molar-refractivity contribution >= 4 is 17.5 Å². The average molecular weight is 452 g/mol. The van der Waals surface area contributed by atoms with Crippen LogP contribution in [0.3, 0.4) is 0 Å². The number of fused-ring (bicyclic) bond motifs is 1. The van der Waals surface area contributed by atoms with E-state index in [1.54, 1.807) is 4.90 Å². The third kappa shape index (κ3) is 7.06. The first-order valence-corrected chi connectivity index (χ1v) is 12.1. The summed E-state index contributed by atoms with van der Waals surface area (Å²) in [6, 6.07) is 16.2. The van der Waals surface area contributed by atoms with Gasteiger partial charge in [-0.05, 0) is 56.0 Å². The van der Waals surface area contributed by atoms with Gasteiger partial charge in [-0.3, -0.25) is 19.4 Å². The smallest absolute Gasteiger partial charge is 0.268 e. The first-order chi connectivity index (χ1) is 16.0. The number of anilines is 1. The number of carbonyl (C=O) groups excluding carboxylic acids is 2. The largest absolute Gasteiger partial charge is 0.478 e. The molecule has 33 heavy (non-hydrogen) atoms. The third-order valence-corrected chi connectivity index (χ3v) is 5.94. The number of amides is 2. The monoisotopic (exact) mass is 451 g/mol. The molecule has 2 aromatic rings. The number of nitrogens with one attached hydrogen (secondary N) is 1. The summed E-state index contributed by atoms with van der Waals surface area (Å²) < 4.78 is 5.84. The fourth-order valence-corrected chi connectivity index (χ4v) is 4.08. The van der Waals surface area contributed by atoms with E-state index in [1.807, 2.05) is 38.1 Å². The summed E-state index contributed by atoms with van der Waals surface area (Å²) in [5.41, 5.74) is 3.01. The highest BCUT2D eigenvalue weighted by Gasteiger charge is 2.34. The van der Waals surface area contributed by atoms with Crippen molar-refractivity contribution in [2.45, 2.75) is 59.1 Å². The van der Waals surface area contributed by atoms with E-state index in [1.165, 1.54) is 5.56 Å². The van der Waals surface area contributed by atoms with Crippen molar-refractivity contribution < 1.29 is 14.3 Å². The summed E-state index contributed by atoms with van der Waals surface area (Å²) in [6.07, 6.45) is 3.22. The van der Waals surface area contributed by atoms with Gasteiger partial charge in [0.1, 0.15) is 12.3 Å². The number of benzene rings is 2. The summed E-state index contributed by atoms with van der Waals surface area (Å²) in [7, 11) is 0. The maximum Gasteiger partial charge on any atom is 0.268 e. The van der Waals surface area contributed by atoms with E-state index in [2.05, 4.69) is 41.4 Å². The quantitative estimate of drug-likeness (QED) is 0.489. The SMILES string of the molecule is CCCCN(CCCNC(=O)CN1C(=O)[C@@H](CC)Oc2ccc(C)cc21)Cc1ccccc1. The van der Waals surface area contributed by atoms with E-state index in [0.29, 0.717) is 24.4 Å². The van der Waals surface area contributed by atoms with Gasteiger partial charge in [-0.2, -0.15) is 0 Å². The zero-order valence-corrected chi connectivity index (χ0v) is 20.2. The molecule has 0 aliphatic carbocycles. The molecular weight excluding hydrogens is 414 g/mol. The van der Waals surface area contributed by atoms with Crippen molar-refractivity contribution in [1.82, 2.24) is 10.2 Å². The van der Waals surface area contributed by atoms with E-state index in [-0.39, 0.29) is 18.4 Å². The number of carbonyl (C=O) groups is 2. The van der Waals surface area contributed by atoms with Gasteiger partial charge in [-0.15, -0.1) is 0 Å². The van der Waals surface area contributed by atoms with Gasteiger partial charge in [0.05, 0.1) is 5.69 Å². The van der Waals surface area contributed by atoms with E-state index in [9.17, 15) is 9.59 Å². The molecule has 2 amide bonds. The lowest BCUT2D eigenvalue weighted by atomic mass is 10.1. The first kappa shape index (κ1) is 24.8. The molecule has 0 unspecified atom stereocenters. The van der Waals surface area contributed by atoms with Gasteiger partial charge in [0.2, 0.25) is 5.91 Å². The minimum atomic E-state index is -0.543. The summed E-state index contributed by atoms with van der Waals surface area (Å²) in [4.78, 5) is 29.6. The Hall–Kier alpha value is -2.86. The summed E-state index contributed by atoms with van der Waals surface area (Å²) in [5, 5.41) is 3.00. The molecule has 0 spiro atoms.